The zero-order valence-corrected chi connectivity index (χ0v) is 10.2. The van der Waals surface area contributed by atoms with Crippen molar-refractivity contribution in [2.45, 2.75) is 19.1 Å². The Morgan fingerprint density at radius 3 is 2.62 bits per heavy atom. The fraction of sp³-hybridized carbons (Fsp3) is 0.308. The molecule has 1 N–H and O–H groups in total. The number of rotatable bonds is 6. The molecular formula is C13H16O2S. The minimum Gasteiger partial charge on any atom is -0.478 e. The molecule has 0 fully saturated rings. The molecule has 0 aliphatic rings. The number of carbonyl (C=O) groups is 1. The first-order chi connectivity index (χ1) is 7.72. The lowest BCUT2D eigenvalue weighted by molar-refractivity contribution is -0.131. The molecule has 3 heteroatoms. The van der Waals surface area contributed by atoms with E-state index < -0.39 is 5.97 Å². The first-order valence-electron chi connectivity index (χ1n) is 5.30. The lowest BCUT2D eigenvalue weighted by atomic mass is 10.1. The van der Waals surface area contributed by atoms with Crippen molar-refractivity contribution in [3.8, 4) is 0 Å². The second-order valence-corrected chi connectivity index (χ2v) is 4.57. The van der Waals surface area contributed by atoms with E-state index in [2.05, 4.69) is 6.92 Å². The Kier molecular flexibility index (Phi) is 5.72. The number of hydrogen-bond acceptors (Lipinski definition) is 2. The summed E-state index contributed by atoms with van der Waals surface area (Å²) in [4.78, 5) is 10.3. The van der Waals surface area contributed by atoms with E-state index in [1.165, 1.54) is 17.7 Å². The molecule has 1 rings (SSSR count). The van der Waals surface area contributed by atoms with Gasteiger partial charge in [-0.1, -0.05) is 31.2 Å². The lowest BCUT2D eigenvalue weighted by Crippen LogP contribution is -1.86. The Labute approximate surface area is 100 Å². The molecule has 86 valence electrons. The second-order valence-electron chi connectivity index (χ2n) is 3.47. The fourth-order valence-corrected chi connectivity index (χ4v) is 2.09. The number of hydrogen-bond donors (Lipinski definition) is 1. The number of carboxylic acid groups (broad SMARTS) is 1. The summed E-state index contributed by atoms with van der Waals surface area (Å²) in [5.74, 6) is 1.29. The molecule has 0 saturated heterocycles. The SMILES string of the molecule is CCCSCc1ccc(/C=C/C(=O)O)cc1. The van der Waals surface area contributed by atoms with Crippen molar-refractivity contribution in [3.05, 3.63) is 41.5 Å². The molecule has 0 atom stereocenters. The Bertz CT molecular complexity index is 355. The van der Waals surface area contributed by atoms with Crippen molar-refractivity contribution in [2.24, 2.45) is 0 Å². The maximum absolute atomic E-state index is 10.3. The predicted molar refractivity (Wildman–Crippen MR) is 69.6 cm³/mol. The van der Waals surface area contributed by atoms with Crippen molar-refractivity contribution >= 4 is 23.8 Å². The third kappa shape index (κ3) is 5.03. The molecule has 1 aromatic rings. The van der Waals surface area contributed by atoms with E-state index in [-0.39, 0.29) is 0 Å². The van der Waals surface area contributed by atoms with Gasteiger partial charge in [0.2, 0.25) is 0 Å². The molecule has 0 saturated carbocycles. The highest BCUT2D eigenvalue weighted by atomic mass is 32.2. The van der Waals surface area contributed by atoms with Crippen LogP contribution < -0.4 is 0 Å². The molecular weight excluding hydrogens is 220 g/mol. The van der Waals surface area contributed by atoms with Gasteiger partial charge < -0.3 is 5.11 Å². The number of thioether (sulfide) groups is 1. The Hall–Kier alpha value is -1.22. The Morgan fingerprint density at radius 2 is 2.06 bits per heavy atom. The van der Waals surface area contributed by atoms with Gasteiger partial charge in [-0.05, 0) is 29.4 Å². The van der Waals surface area contributed by atoms with Gasteiger partial charge in [-0.2, -0.15) is 11.8 Å². The van der Waals surface area contributed by atoms with Gasteiger partial charge in [0.05, 0.1) is 0 Å². The van der Waals surface area contributed by atoms with Crippen LogP contribution in [-0.2, 0) is 10.5 Å². The van der Waals surface area contributed by atoms with E-state index in [0.29, 0.717) is 0 Å². The highest BCUT2D eigenvalue weighted by Gasteiger charge is 1.94. The van der Waals surface area contributed by atoms with Gasteiger partial charge in [0.1, 0.15) is 0 Å². The van der Waals surface area contributed by atoms with Crippen molar-refractivity contribution in [2.75, 3.05) is 5.75 Å². The van der Waals surface area contributed by atoms with Crippen LogP contribution in [0.5, 0.6) is 0 Å². The number of benzene rings is 1. The quantitative estimate of drug-likeness (QED) is 0.607. The van der Waals surface area contributed by atoms with Crippen molar-refractivity contribution in [1.29, 1.82) is 0 Å². The Morgan fingerprint density at radius 1 is 1.38 bits per heavy atom. The maximum atomic E-state index is 10.3. The molecule has 0 radical (unpaired) electrons. The molecule has 0 unspecified atom stereocenters. The van der Waals surface area contributed by atoms with Crippen molar-refractivity contribution in [1.82, 2.24) is 0 Å². The average Bonchev–Trinajstić information content (AvgIpc) is 2.28. The molecule has 0 aromatic heterocycles. The molecule has 0 aliphatic heterocycles. The van der Waals surface area contributed by atoms with Crippen LogP contribution in [0.3, 0.4) is 0 Å². The summed E-state index contributed by atoms with van der Waals surface area (Å²) in [6.45, 7) is 2.17. The van der Waals surface area contributed by atoms with Crippen LogP contribution in [0.25, 0.3) is 6.08 Å². The fourth-order valence-electron chi connectivity index (χ4n) is 1.23. The normalized spacial score (nSPS) is 10.8. The van der Waals surface area contributed by atoms with E-state index in [9.17, 15) is 4.79 Å². The van der Waals surface area contributed by atoms with E-state index in [4.69, 9.17) is 5.11 Å². The van der Waals surface area contributed by atoms with Crippen molar-refractivity contribution < 1.29 is 9.90 Å². The second kappa shape index (κ2) is 7.12. The van der Waals surface area contributed by atoms with Crippen LogP contribution in [0, 0.1) is 0 Å². The smallest absolute Gasteiger partial charge is 0.328 e. The van der Waals surface area contributed by atoms with E-state index in [0.717, 1.165) is 17.4 Å². The van der Waals surface area contributed by atoms with E-state index in [1.807, 2.05) is 36.0 Å². The van der Waals surface area contributed by atoms with Crippen LogP contribution in [0.4, 0.5) is 0 Å². The summed E-state index contributed by atoms with van der Waals surface area (Å²) in [5.41, 5.74) is 2.21. The molecule has 16 heavy (non-hydrogen) atoms. The Balaban J connectivity index is 2.51. The van der Waals surface area contributed by atoms with Gasteiger partial charge in [-0.15, -0.1) is 0 Å². The van der Waals surface area contributed by atoms with Crippen LogP contribution in [0.1, 0.15) is 24.5 Å². The molecule has 0 amide bonds. The average molecular weight is 236 g/mol. The van der Waals surface area contributed by atoms with Crippen LogP contribution in [-0.4, -0.2) is 16.8 Å². The summed E-state index contributed by atoms with van der Waals surface area (Å²) in [6, 6.07) is 7.98. The standard InChI is InChI=1S/C13H16O2S/c1-2-9-16-10-12-5-3-11(4-6-12)7-8-13(14)15/h3-8H,2,9-10H2,1H3,(H,14,15)/b8-7+. The topological polar surface area (TPSA) is 37.3 Å². The lowest BCUT2D eigenvalue weighted by Gasteiger charge is -2.01. The molecule has 0 aliphatic carbocycles. The summed E-state index contributed by atoms with van der Waals surface area (Å²) in [5, 5.41) is 8.48. The summed E-state index contributed by atoms with van der Waals surface area (Å²) >= 11 is 1.92. The molecule has 0 bridgehead atoms. The van der Waals surface area contributed by atoms with Gasteiger partial charge >= 0.3 is 5.97 Å². The minimum atomic E-state index is -0.914. The summed E-state index contributed by atoms with van der Waals surface area (Å²) < 4.78 is 0. The van der Waals surface area contributed by atoms with Gasteiger partial charge in [-0.3, -0.25) is 0 Å². The zero-order chi connectivity index (χ0) is 11.8. The molecule has 1 aromatic carbocycles. The summed E-state index contributed by atoms with van der Waals surface area (Å²) in [7, 11) is 0. The van der Waals surface area contributed by atoms with Crippen molar-refractivity contribution in [3.63, 3.8) is 0 Å². The first kappa shape index (κ1) is 12.8. The molecule has 0 heterocycles. The zero-order valence-electron chi connectivity index (χ0n) is 9.35. The number of carboxylic acids is 1. The van der Waals surface area contributed by atoms with Gasteiger partial charge in [0.15, 0.2) is 0 Å². The van der Waals surface area contributed by atoms with E-state index >= 15 is 0 Å². The highest BCUT2D eigenvalue weighted by molar-refractivity contribution is 7.98. The largest absolute Gasteiger partial charge is 0.478 e. The van der Waals surface area contributed by atoms with Gasteiger partial charge in [0.25, 0.3) is 0 Å². The highest BCUT2D eigenvalue weighted by Crippen LogP contribution is 2.14. The van der Waals surface area contributed by atoms with E-state index in [1.54, 1.807) is 6.08 Å². The van der Waals surface area contributed by atoms with Crippen LogP contribution in [0.2, 0.25) is 0 Å². The molecule has 0 spiro atoms. The van der Waals surface area contributed by atoms with Crippen LogP contribution >= 0.6 is 11.8 Å². The number of aliphatic carboxylic acids is 1. The minimum absolute atomic E-state index is 0.914. The summed E-state index contributed by atoms with van der Waals surface area (Å²) in [6.07, 6.45) is 3.95. The van der Waals surface area contributed by atoms with Gasteiger partial charge in [-0.25, -0.2) is 4.79 Å². The third-order valence-electron chi connectivity index (χ3n) is 2.02. The van der Waals surface area contributed by atoms with Gasteiger partial charge in [0, 0.05) is 11.8 Å². The predicted octanol–water partition coefficient (Wildman–Crippen LogP) is 3.43. The first-order valence-corrected chi connectivity index (χ1v) is 6.45. The van der Waals surface area contributed by atoms with Crippen LogP contribution in [0.15, 0.2) is 30.3 Å². The molecule has 2 nitrogen and oxygen atoms in total. The monoisotopic (exact) mass is 236 g/mol. The third-order valence-corrected chi connectivity index (χ3v) is 3.25. The maximum Gasteiger partial charge on any atom is 0.328 e.